The van der Waals surface area contributed by atoms with Crippen LogP contribution in [0.15, 0.2) is 83.3 Å². The first kappa shape index (κ1) is 30.3. The van der Waals surface area contributed by atoms with Crippen LogP contribution in [0.3, 0.4) is 0 Å². The summed E-state index contributed by atoms with van der Waals surface area (Å²) in [4.78, 5) is 28.8. The van der Waals surface area contributed by atoms with Crippen molar-refractivity contribution in [2.75, 3.05) is 31.5 Å². The highest BCUT2D eigenvalue weighted by Crippen LogP contribution is 2.22. The second kappa shape index (κ2) is 13.7. The second-order valence-corrected chi connectivity index (χ2v) is 12.0. The van der Waals surface area contributed by atoms with Gasteiger partial charge in [0.1, 0.15) is 18.4 Å². The third-order valence-corrected chi connectivity index (χ3v) is 8.37. The van der Waals surface area contributed by atoms with Crippen LogP contribution >= 0.6 is 15.9 Å². The van der Waals surface area contributed by atoms with Crippen molar-refractivity contribution >= 4 is 43.6 Å². The second-order valence-electron chi connectivity index (χ2n) is 9.02. The number of halogens is 2. The molecule has 3 aromatic carbocycles. The first-order chi connectivity index (χ1) is 18.5. The molecule has 0 aromatic heterocycles. The van der Waals surface area contributed by atoms with Crippen LogP contribution in [0.1, 0.15) is 18.1 Å². The lowest BCUT2D eigenvalue weighted by Crippen LogP contribution is -2.54. The molecule has 0 fully saturated rings. The molecule has 0 spiro atoms. The molecule has 0 heterocycles. The maximum absolute atomic E-state index is 14.0. The van der Waals surface area contributed by atoms with Crippen molar-refractivity contribution in [1.82, 2.24) is 14.5 Å². The Morgan fingerprint density at radius 3 is 2.10 bits per heavy atom. The van der Waals surface area contributed by atoms with Crippen LogP contribution in [0.25, 0.3) is 0 Å². The lowest BCUT2D eigenvalue weighted by atomic mass is 10.0. The van der Waals surface area contributed by atoms with Gasteiger partial charge in [-0.15, -0.1) is 0 Å². The van der Waals surface area contributed by atoms with E-state index in [-0.39, 0.29) is 24.6 Å². The van der Waals surface area contributed by atoms with Gasteiger partial charge in [-0.05, 0) is 54.4 Å². The highest BCUT2D eigenvalue weighted by atomic mass is 79.9. The predicted molar refractivity (Wildman–Crippen MR) is 154 cm³/mol. The van der Waals surface area contributed by atoms with E-state index in [2.05, 4.69) is 21.2 Å². The van der Waals surface area contributed by atoms with Crippen molar-refractivity contribution < 1.29 is 22.4 Å². The first-order valence-electron chi connectivity index (χ1n) is 12.3. The Balaban J connectivity index is 2.06. The molecule has 0 aliphatic carbocycles. The molecule has 2 amide bonds. The maximum atomic E-state index is 14.0. The average Bonchev–Trinajstić information content (AvgIpc) is 2.91. The summed E-state index contributed by atoms with van der Waals surface area (Å²) in [5.74, 6) is -1.47. The number of hydrogen-bond donors (Lipinski definition) is 1. The molecule has 208 valence electrons. The van der Waals surface area contributed by atoms with Crippen LogP contribution in [-0.2, 0) is 32.8 Å². The third kappa shape index (κ3) is 8.11. The molecular formula is C28H32BrFN4O4S. The maximum Gasteiger partial charge on any atom is 0.304 e. The highest BCUT2D eigenvalue weighted by molar-refractivity contribution is 9.10. The van der Waals surface area contributed by atoms with E-state index in [1.165, 1.54) is 31.1 Å². The highest BCUT2D eigenvalue weighted by Gasteiger charge is 2.34. The van der Waals surface area contributed by atoms with Gasteiger partial charge in [0.15, 0.2) is 0 Å². The monoisotopic (exact) mass is 618 g/mol. The Morgan fingerprint density at radius 2 is 1.54 bits per heavy atom. The normalized spacial score (nSPS) is 12.2. The lowest BCUT2D eigenvalue weighted by molar-refractivity contribution is -0.140. The zero-order valence-electron chi connectivity index (χ0n) is 22.1. The summed E-state index contributed by atoms with van der Waals surface area (Å²) < 4.78 is 42.9. The Bertz CT molecular complexity index is 1350. The Morgan fingerprint density at radius 1 is 0.923 bits per heavy atom. The number of nitrogens with zero attached hydrogens (tertiary/aromatic N) is 3. The van der Waals surface area contributed by atoms with Crippen molar-refractivity contribution in [3.8, 4) is 0 Å². The number of benzene rings is 3. The van der Waals surface area contributed by atoms with Gasteiger partial charge in [-0.3, -0.25) is 9.59 Å². The van der Waals surface area contributed by atoms with Crippen LogP contribution in [0.5, 0.6) is 0 Å². The molecule has 3 aromatic rings. The molecule has 1 N–H and O–H groups in total. The SMILES string of the molecule is CCNC(=O)[C@H](Cc1ccccc1)N(Cc1ccc(Br)cc1)C(=O)CN(c1ccc(F)cc1)S(=O)(=O)N(C)C. The third-order valence-electron chi connectivity index (χ3n) is 6.02. The Labute approximate surface area is 237 Å². The topological polar surface area (TPSA) is 90.0 Å². The Kier molecular flexibility index (Phi) is 10.6. The summed E-state index contributed by atoms with van der Waals surface area (Å²) in [5.41, 5.74) is 1.73. The molecule has 0 saturated heterocycles. The number of anilines is 1. The molecule has 0 radical (unpaired) electrons. The van der Waals surface area contributed by atoms with Gasteiger partial charge in [0, 0.05) is 38.1 Å². The molecule has 0 aliphatic heterocycles. The number of carbonyl (C=O) groups excluding carboxylic acids is 2. The number of carbonyl (C=O) groups is 2. The molecule has 11 heteroatoms. The van der Waals surface area contributed by atoms with Crippen LogP contribution in [0, 0.1) is 5.82 Å². The van der Waals surface area contributed by atoms with E-state index in [1.54, 1.807) is 6.92 Å². The van der Waals surface area contributed by atoms with Crippen molar-refractivity contribution in [3.63, 3.8) is 0 Å². The largest absolute Gasteiger partial charge is 0.355 e. The summed E-state index contributed by atoms with van der Waals surface area (Å²) >= 11 is 3.41. The summed E-state index contributed by atoms with van der Waals surface area (Å²) in [6, 6.07) is 20.6. The fourth-order valence-corrected chi connectivity index (χ4v) is 5.28. The van der Waals surface area contributed by atoms with Crippen LogP contribution < -0.4 is 9.62 Å². The van der Waals surface area contributed by atoms with Crippen molar-refractivity contribution in [1.29, 1.82) is 0 Å². The van der Waals surface area contributed by atoms with Gasteiger partial charge in [-0.2, -0.15) is 12.7 Å². The fraction of sp³-hybridized carbons (Fsp3) is 0.286. The van der Waals surface area contributed by atoms with Gasteiger partial charge in [0.25, 0.3) is 0 Å². The van der Waals surface area contributed by atoms with E-state index in [4.69, 9.17) is 0 Å². The molecule has 39 heavy (non-hydrogen) atoms. The number of amides is 2. The van der Waals surface area contributed by atoms with E-state index < -0.39 is 34.5 Å². The average molecular weight is 620 g/mol. The van der Waals surface area contributed by atoms with Gasteiger partial charge >= 0.3 is 10.2 Å². The number of nitrogens with one attached hydrogen (secondary N) is 1. The minimum absolute atomic E-state index is 0.0695. The van der Waals surface area contributed by atoms with Gasteiger partial charge in [0.2, 0.25) is 11.8 Å². The minimum atomic E-state index is -4.14. The summed E-state index contributed by atoms with van der Waals surface area (Å²) in [5, 5.41) is 2.81. The van der Waals surface area contributed by atoms with Crippen molar-refractivity contribution in [3.05, 3.63) is 100 Å². The number of hydrogen-bond acceptors (Lipinski definition) is 4. The quantitative estimate of drug-likeness (QED) is 0.332. The van der Waals surface area contributed by atoms with Gasteiger partial charge < -0.3 is 10.2 Å². The van der Waals surface area contributed by atoms with E-state index in [1.807, 2.05) is 54.6 Å². The predicted octanol–water partition coefficient (Wildman–Crippen LogP) is 3.98. The summed E-state index contributed by atoms with van der Waals surface area (Å²) in [7, 11) is -1.44. The van der Waals surface area contributed by atoms with Crippen LogP contribution in [-0.4, -0.2) is 62.7 Å². The molecule has 3 rings (SSSR count). The standard InChI is InChI=1S/C28H32BrFN4O4S/c1-4-31-28(36)26(18-21-8-6-5-7-9-21)33(19-22-10-12-23(29)13-11-22)27(35)20-34(39(37,38)32(2)3)25-16-14-24(30)15-17-25/h5-17,26H,4,18-20H2,1-3H3,(H,31,36)/t26-/m0/s1. The van der Waals surface area contributed by atoms with Gasteiger partial charge in [0.05, 0.1) is 5.69 Å². The number of rotatable bonds is 12. The number of likely N-dealkylation sites (N-methyl/N-ethyl adjacent to an activating group) is 1. The van der Waals surface area contributed by atoms with Crippen molar-refractivity contribution in [2.24, 2.45) is 0 Å². The zero-order chi connectivity index (χ0) is 28.6. The zero-order valence-corrected chi connectivity index (χ0v) is 24.5. The summed E-state index contributed by atoms with van der Waals surface area (Å²) in [6.07, 6.45) is 0.228. The molecule has 0 bridgehead atoms. The molecule has 0 unspecified atom stereocenters. The minimum Gasteiger partial charge on any atom is -0.355 e. The fourth-order valence-electron chi connectivity index (χ4n) is 3.96. The Hall–Kier alpha value is -3.28. The van der Waals surface area contributed by atoms with Crippen molar-refractivity contribution in [2.45, 2.75) is 25.9 Å². The van der Waals surface area contributed by atoms with Crippen LogP contribution in [0.4, 0.5) is 10.1 Å². The van der Waals surface area contributed by atoms with E-state index in [0.717, 1.165) is 36.3 Å². The van der Waals surface area contributed by atoms with E-state index >= 15 is 0 Å². The van der Waals surface area contributed by atoms with E-state index in [0.29, 0.717) is 6.54 Å². The molecule has 8 nitrogen and oxygen atoms in total. The molecular weight excluding hydrogens is 587 g/mol. The summed E-state index contributed by atoms with van der Waals surface area (Å²) in [6.45, 7) is 1.63. The van der Waals surface area contributed by atoms with Gasteiger partial charge in [-0.1, -0.05) is 58.4 Å². The van der Waals surface area contributed by atoms with Crippen LogP contribution in [0.2, 0.25) is 0 Å². The molecule has 1 atom stereocenters. The lowest BCUT2D eigenvalue weighted by Gasteiger charge is -2.34. The molecule has 0 aliphatic rings. The van der Waals surface area contributed by atoms with E-state index in [9.17, 15) is 22.4 Å². The first-order valence-corrected chi connectivity index (χ1v) is 14.5. The molecule has 0 saturated carbocycles. The van der Waals surface area contributed by atoms with Gasteiger partial charge in [-0.25, -0.2) is 8.70 Å². The smallest absolute Gasteiger partial charge is 0.304 e.